The molecule has 0 fully saturated rings. The van der Waals surface area contributed by atoms with Gasteiger partial charge < -0.3 is 10.4 Å². The van der Waals surface area contributed by atoms with Crippen molar-refractivity contribution in [3.63, 3.8) is 0 Å². The Balaban J connectivity index is 0.00000192. The third kappa shape index (κ3) is 4.32. The molecule has 3 rings (SSSR count). The maximum atomic E-state index is 10.5. The zero-order chi connectivity index (χ0) is 15.4. The van der Waals surface area contributed by atoms with E-state index in [1.165, 1.54) is 35.1 Å². The number of hydrogen-bond donors (Lipinski definition) is 2. The van der Waals surface area contributed by atoms with E-state index in [9.17, 15) is 4.79 Å². The largest absolute Gasteiger partial charge is 0.481 e. The molecule has 7 heteroatoms. The third-order valence-electron chi connectivity index (χ3n) is 4.11. The molecule has 0 aliphatic heterocycles. The number of anilines is 1. The van der Waals surface area contributed by atoms with Gasteiger partial charge in [-0.3, -0.25) is 4.79 Å². The van der Waals surface area contributed by atoms with Crippen molar-refractivity contribution in [3.05, 3.63) is 16.8 Å². The quantitative estimate of drug-likeness (QED) is 0.733. The SMILES string of the molecule is Cl.O=C(O)CCCCCNc1ncnc2sc3c(c12)CCCC3. The highest BCUT2D eigenvalue weighted by atomic mass is 35.5. The molecule has 0 radical (unpaired) electrons. The van der Waals surface area contributed by atoms with Crippen LogP contribution < -0.4 is 5.32 Å². The molecule has 0 aromatic carbocycles. The van der Waals surface area contributed by atoms with Gasteiger partial charge in [-0.05, 0) is 44.1 Å². The molecule has 0 atom stereocenters. The van der Waals surface area contributed by atoms with E-state index in [2.05, 4.69) is 15.3 Å². The summed E-state index contributed by atoms with van der Waals surface area (Å²) in [7, 11) is 0. The van der Waals surface area contributed by atoms with Crippen molar-refractivity contribution < 1.29 is 9.90 Å². The molecule has 0 saturated heterocycles. The molecular weight excluding hydrogens is 334 g/mol. The van der Waals surface area contributed by atoms with E-state index >= 15 is 0 Å². The molecule has 1 aliphatic carbocycles. The molecule has 0 amide bonds. The minimum atomic E-state index is -0.713. The first-order valence-electron chi connectivity index (χ1n) is 7.96. The Hall–Kier alpha value is -1.40. The number of aromatic nitrogens is 2. The summed E-state index contributed by atoms with van der Waals surface area (Å²) >= 11 is 1.81. The lowest BCUT2D eigenvalue weighted by Gasteiger charge is -2.12. The average Bonchev–Trinajstić information content (AvgIpc) is 2.89. The van der Waals surface area contributed by atoms with Gasteiger partial charge in [0, 0.05) is 17.8 Å². The summed E-state index contributed by atoms with van der Waals surface area (Å²) in [6, 6.07) is 0. The second-order valence-corrected chi connectivity index (χ2v) is 6.83. The number of fused-ring (bicyclic) bond motifs is 3. The van der Waals surface area contributed by atoms with Crippen LogP contribution in [-0.4, -0.2) is 27.6 Å². The molecule has 1 aliphatic rings. The monoisotopic (exact) mass is 355 g/mol. The second-order valence-electron chi connectivity index (χ2n) is 5.74. The molecule has 23 heavy (non-hydrogen) atoms. The van der Waals surface area contributed by atoms with Gasteiger partial charge in [0.15, 0.2) is 0 Å². The van der Waals surface area contributed by atoms with Gasteiger partial charge in [0.2, 0.25) is 0 Å². The number of nitrogens with zero attached hydrogens (tertiary/aromatic N) is 2. The molecule has 2 aromatic heterocycles. The van der Waals surface area contributed by atoms with Gasteiger partial charge >= 0.3 is 5.97 Å². The van der Waals surface area contributed by atoms with Crippen molar-refractivity contribution in [3.8, 4) is 0 Å². The fraction of sp³-hybridized carbons (Fsp3) is 0.562. The number of rotatable bonds is 7. The van der Waals surface area contributed by atoms with E-state index in [0.29, 0.717) is 0 Å². The Bertz CT molecular complexity index is 675. The van der Waals surface area contributed by atoms with E-state index in [-0.39, 0.29) is 18.8 Å². The van der Waals surface area contributed by atoms with E-state index in [0.717, 1.165) is 42.9 Å². The summed E-state index contributed by atoms with van der Waals surface area (Å²) in [6.07, 6.45) is 9.36. The number of carbonyl (C=O) groups is 1. The molecule has 126 valence electrons. The standard InChI is InChI=1S/C16H21N3O2S.ClH/c20-13(21)8-2-1-5-9-17-15-14-11-6-3-4-7-12(11)22-16(14)19-10-18-15;/h10H,1-9H2,(H,20,21)(H,17,18,19);1H. The molecule has 0 saturated carbocycles. The first-order chi connectivity index (χ1) is 10.8. The number of thiophene rings is 1. The molecule has 0 bridgehead atoms. The summed E-state index contributed by atoms with van der Waals surface area (Å²) in [6.45, 7) is 0.830. The predicted molar refractivity (Wildman–Crippen MR) is 95.9 cm³/mol. The fourth-order valence-electron chi connectivity index (χ4n) is 3.01. The van der Waals surface area contributed by atoms with Crippen LogP contribution in [0.5, 0.6) is 0 Å². The van der Waals surface area contributed by atoms with Gasteiger partial charge in [-0.25, -0.2) is 9.97 Å². The van der Waals surface area contributed by atoms with Gasteiger partial charge in [-0.2, -0.15) is 0 Å². The van der Waals surface area contributed by atoms with Crippen molar-refractivity contribution in [1.29, 1.82) is 0 Å². The maximum absolute atomic E-state index is 10.5. The number of aryl methyl sites for hydroxylation is 2. The first kappa shape index (κ1) is 17.9. The predicted octanol–water partition coefficient (Wildman–Crippen LogP) is 4.05. The zero-order valence-corrected chi connectivity index (χ0v) is 14.6. The number of unbranched alkanes of at least 4 members (excludes halogenated alkanes) is 2. The van der Waals surface area contributed by atoms with Crippen LogP contribution in [0.15, 0.2) is 6.33 Å². The summed E-state index contributed by atoms with van der Waals surface area (Å²) in [4.78, 5) is 21.9. The highest BCUT2D eigenvalue weighted by Crippen LogP contribution is 2.38. The molecule has 2 heterocycles. The number of nitrogens with one attached hydrogen (secondary N) is 1. The lowest BCUT2D eigenvalue weighted by atomic mass is 9.97. The van der Waals surface area contributed by atoms with Crippen LogP contribution >= 0.6 is 23.7 Å². The average molecular weight is 356 g/mol. The van der Waals surface area contributed by atoms with E-state index in [1.807, 2.05) is 11.3 Å². The van der Waals surface area contributed by atoms with Crippen molar-refractivity contribution in [1.82, 2.24) is 9.97 Å². The molecule has 5 nitrogen and oxygen atoms in total. The molecule has 0 unspecified atom stereocenters. The van der Waals surface area contributed by atoms with Crippen molar-refractivity contribution in [2.24, 2.45) is 0 Å². The Labute approximate surface area is 145 Å². The van der Waals surface area contributed by atoms with E-state index in [4.69, 9.17) is 5.11 Å². The van der Waals surface area contributed by atoms with Crippen LogP contribution in [0.25, 0.3) is 10.2 Å². The third-order valence-corrected chi connectivity index (χ3v) is 5.31. The minimum absolute atomic E-state index is 0. The molecular formula is C16H22ClN3O2S. The van der Waals surface area contributed by atoms with Gasteiger partial charge in [0.25, 0.3) is 0 Å². The lowest BCUT2D eigenvalue weighted by Crippen LogP contribution is -2.06. The Kier molecular flexibility index (Phi) is 6.59. The summed E-state index contributed by atoms with van der Waals surface area (Å²) in [5, 5.41) is 13.3. The summed E-state index contributed by atoms with van der Waals surface area (Å²) in [5.74, 6) is 0.234. The minimum Gasteiger partial charge on any atom is -0.481 e. The normalized spacial score (nSPS) is 13.4. The molecule has 2 N–H and O–H groups in total. The van der Waals surface area contributed by atoms with Crippen LogP contribution in [-0.2, 0) is 17.6 Å². The number of carboxylic acid groups (broad SMARTS) is 1. The fourth-order valence-corrected chi connectivity index (χ4v) is 4.24. The molecule has 2 aromatic rings. The topological polar surface area (TPSA) is 75.1 Å². The van der Waals surface area contributed by atoms with Crippen LogP contribution in [0.1, 0.15) is 49.0 Å². The van der Waals surface area contributed by atoms with Gasteiger partial charge in [0.1, 0.15) is 17.0 Å². The number of halogens is 1. The first-order valence-corrected chi connectivity index (χ1v) is 8.78. The maximum Gasteiger partial charge on any atom is 0.303 e. The Morgan fingerprint density at radius 1 is 1.22 bits per heavy atom. The van der Waals surface area contributed by atoms with Gasteiger partial charge in [-0.1, -0.05) is 6.42 Å². The van der Waals surface area contributed by atoms with E-state index < -0.39 is 5.97 Å². The number of carboxylic acids is 1. The lowest BCUT2D eigenvalue weighted by molar-refractivity contribution is -0.137. The van der Waals surface area contributed by atoms with E-state index in [1.54, 1.807) is 6.33 Å². The summed E-state index contributed by atoms with van der Waals surface area (Å²) in [5.41, 5.74) is 1.44. The summed E-state index contributed by atoms with van der Waals surface area (Å²) < 4.78 is 0. The van der Waals surface area contributed by atoms with Gasteiger partial charge in [0.05, 0.1) is 5.39 Å². The van der Waals surface area contributed by atoms with Crippen LogP contribution in [0.4, 0.5) is 5.82 Å². The number of aliphatic carboxylic acids is 1. The Morgan fingerprint density at radius 2 is 2.04 bits per heavy atom. The zero-order valence-electron chi connectivity index (χ0n) is 13.0. The van der Waals surface area contributed by atoms with Crippen LogP contribution in [0.2, 0.25) is 0 Å². The highest BCUT2D eigenvalue weighted by Gasteiger charge is 2.19. The van der Waals surface area contributed by atoms with Crippen molar-refractivity contribution in [2.45, 2.75) is 51.4 Å². The smallest absolute Gasteiger partial charge is 0.303 e. The molecule has 0 spiro atoms. The van der Waals surface area contributed by atoms with Crippen molar-refractivity contribution in [2.75, 3.05) is 11.9 Å². The Morgan fingerprint density at radius 3 is 2.87 bits per heavy atom. The van der Waals surface area contributed by atoms with Crippen LogP contribution in [0.3, 0.4) is 0 Å². The van der Waals surface area contributed by atoms with Crippen LogP contribution in [0, 0.1) is 0 Å². The number of hydrogen-bond acceptors (Lipinski definition) is 5. The van der Waals surface area contributed by atoms with Gasteiger partial charge in [-0.15, -0.1) is 23.7 Å². The highest BCUT2D eigenvalue weighted by molar-refractivity contribution is 7.19. The second kappa shape index (κ2) is 8.45. The van der Waals surface area contributed by atoms with Crippen molar-refractivity contribution >= 4 is 45.7 Å².